The van der Waals surface area contributed by atoms with Gasteiger partial charge in [-0.15, -0.1) is 0 Å². The van der Waals surface area contributed by atoms with Crippen LogP contribution in [0.1, 0.15) is 26.2 Å². The van der Waals surface area contributed by atoms with Crippen LogP contribution in [0.25, 0.3) is 22.0 Å². The maximum Gasteiger partial charge on any atom is 0.259 e. The van der Waals surface area contributed by atoms with Crippen LogP contribution in [-0.2, 0) is 11.3 Å². The first-order chi connectivity index (χ1) is 14.6. The van der Waals surface area contributed by atoms with Gasteiger partial charge in [0.1, 0.15) is 12.3 Å². The Morgan fingerprint density at radius 3 is 2.57 bits per heavy atom. The minimum Gasteiger partial charge on any atom is -0.497 e. The smallest absolute Gasteiger partial charge is 0.259 e. The van der Waals surface area contributed by atoms with E-state index in [9.17, 15) is 9.59 Å². The van der Waals surface area contributed by atoms with Crippen molar-refractivity contribution < 1.29 is 9.53 Å². The summed E-state index contributed by atoms with van der Waals surface area (Å²) in [7, 11) is 1.60. The molecule has 1 aromatic heterocycles. The second-order valence-corrected chi connectivity index (χ2v) is 8.02. The number of benzene rings is 2. The molecule has 1 saturated carbocycles. The third kappa shape index (κ3) is 4.25. The molecule has 0 saturated heterocycles. The fourth-order valence-corrected chi connectivity index (χ4v) is 3.89. The average Bonchev–Trinajstić information content (AvgIpc) is 3.59. The number of fused-ring (bicyclic) bond motifs is 1. The van der Waals surface area contributed by atoms with Gasteiger partial charge in [-0.3, -0.25) is 14.2 Å². The van der Waals surface area contributed by atoms with E-state index in [1.54, 1.807) is 11.7 Å². The standard InChI is InChI=1S/C25H28N2O3/c1-3-13-26(16-18-9-10-18)24(28)17-27-23-15-21(30-2)12-11-20(23)14-22(25(27)29)19-7-5-4-6-8-19/h4-8,11-12,14-15,18H,3,9-10,13,16-17H2,1-2H3. The highest BCUT2D eigenvalue weighted by Gasteiger charge is 2.27. The molecule has 1 amide bonds. The zero-order valence-electron chi connectivity index (χ0n) is 17.6. The van der Waals surface area contributed by atoms with Gasteiger partial charge in [0.15, 0.2) is 0 Å². The number of ether oxygens (including phenoxy) is 1. The van der Waals surface area contributed by atoms with Crippen molar-refractivity contribution in [2.24, 2.45) is 5.92 Å². The Bertz CT molecular complexity index is 1100. The fourth-order valence-electron chi connectivity index (χ4n) is 3.89. The molecule has 1 aliphatic rings. The Kier molecular flexibility index (Phi) is 5.88. The topological polar surface area (TPSA) is 51.5 Å². The lowest BCUT2D eigenvalue weighted by atomic mass is 10.0. The number of hydrogen-bond donors (Lipinski definition) is 0. The maximum absolute atomic E-state index is 13.5. The van der Waals surface area contributed by atoms with Crippen LogP contribution < -0.4 is 10.3 Å². The predicted octanol–water partition coefficient (Wildman–Crippen LogP) is 4.33. The first-order valence-corrected chi connectivity index (χ1v) is 10.7. The molecule has 156 valence electrons. The fraction of sp³-hybridized carbons (Fsp3) is 0.360. The van der Waals surface area contributed by atoms with Crippen molar-refractivity contribution in [3.05, 3.63) is 65.0 Å². The third-order valence-electron chi connectivity index (χ3n) is 5.70. The van der Waals surface area contributed by atoms with Crippen LogP contribution in [0.2, 0.25) is 0 Å². The Morgan fingerprint density at radius 2 is 1.90 bits per heavy atom. The molecule has 4 rings (SSSR count). The van der Waals surface area contributed by atoms with Crippen molar-refractivity contribution in [1.82, 2.24) is 9.47 Å². The van der Waals surface area contributed by atoms with Crippen molar-refractivity contribution in [3.63, 3.8) is 0 Å². The van der Waals surface area contributed by atoms with Crippen molar-refractivity contribution in [2.45, 2.75) is 32.7 Å². The zero-order chi connectivity index (χ0) is 21.1. The van der Waals surface area contributed by atoms with Crippen LogP contribution in [-0.4, -0.2) is 35.6 Å². The molecule has 0 radical (unpaired) electrons. The summed E-state index contributed by atoms with van der Waals surface area (Å²) < 4.78 is 6.98. The van der Waals surface area contributed by atoms with Gasteiger partial charge in [0, 0.05) is 24.7 Å². The highest BCUT2D eigenvalue weighted by atomic mass is 16.5. The van der Waals surface area contributed by atoms with Crippen LogP contribution in [0, 0.1) is 5.92 Å². The summed E-state index contributed by atoms with van der Waals surface area (Å²) in [6.07, 6.45) is 3.29. The molecule has 2 aromatic carbocycles. The summed E-state index contributed by atoms with van der Waals surface area (Å²) in [5, 5.41) is 0.909. The molecule has 0 N–H and O–H groups in total. The number of pyridine rings is 1. The third-order valence-corrected chi connectivity index (χ3v) is 5.70. The number of carbonyl (C=O) groups excluding carboxylic acids is 1. The van der Waals surface area contributed by atoms with E-state index in [0.29, 0.717) is 17.2 Å². The summed E-state index contributed by atoms with van der Waals surface area (Å²) in [6.45, 7) is 3.64. The normalized spacial score (nSPS) is 13.4. The minimum absolute atomic E-state index is 0.000168. The average molecular weight is 405 g/mol. The van der Waals surface area contributed by atoms with E-state index in [2.05, 4.69) is 6.92 Å². The molecule has 3 aromatic rings. The molecule has 1 aliphatic carbocycles. The lowest BCUT2D eigenvalue weighted by Crippen LogP contribution is -2.38. The maximum atomic E-state index is 13.5. The quantitative estimate of drug-likeness (QED) is 0.562. The van der Waals surface area contributed by atoms with E-state index in [1.807, 2.05) is 59.5 Å². The van der Waals surface area contributed by atoms with Gasteiger partial charge in [-0.25, -0.2) is 0 Å². The molecule has 0 unspecified atom stereocenters. The highest BCUT2D eigenvalue weighted by molar-refractivity contribution is 5.87. The van der Waals surface area contributed by atoms with Gasteiger partial charge in [-0.2, -0.15) is 0 Å². The summed E-state index contributed by atoms with van der Waals surface area (Å²) in [6, 6.07) is 17.2. The molecule has 1 heterocycles. The molecule has 5 heteroatoms. The van der Waals surface area contributed by atoms with Crippen LogP contribution in [0.5, 0.6) is 5.75 Å². The highest BCUT2D eigenvalue weighted by Crippen LogP contribution is 2.30. The Morgan fingerprint density at radius 1 is 1.13 bits per heavy atom. The minimum atomic E-state index is -0.154. The van der Waals surface area contributed by atoms with Gasteiger partial charge in [-0.1, -0.05) is 37.3 Å². The predicted molar refractivity (Wildman–Crippen MR) is 120 cm³/mol. The van der Waals surface area contributed by atoms with Gasteiger partial charge < -0.3 is 9.64 Å². The van der Waals surface area contributed by atoms with Gasteiger partial charge in [0.2, 0.25) is 5.91 Å². The first-order valence-electron chi connectivity index (χ1n) is 10.7. The van der Waals surface area contributed by atoms with E-state index >= 15 is 0 Å². The molecular weight excluding hydrogens is 376 g/mol. The van der Waals surface area contributed by atoms with Crippen molar-refractivity contribution in [2.75, 3.05) is 20.2 Å². The van der Waals surface area contributed by atoms with Gasteiger partial charge >= 0.3 is 0 Å². The van der Waals surface area contributed by atoms with E-state index in [1.165, 1.54) is 12.8 Å². The Balaban J connectivity index is 1.80. The number of carbonyl (C=O) groups is 1. The molecule has 30 heavy (non-hydrogen) atoms. The van der Waals surface area contributed by atoms with Gasteiger partial charge in [0.25, 0.3) is 5.56 Å². The Labute approximate surface area is 176 Å². The van der Waals surface area contributed by atoms with Gasteiger partial charge in [-0.05, 0) is 54.3 Å². The number of nitrogens with zero attached hydrogens (tertiary/aromatic N) is 2. The zero-order valence-corrected chi connectivity index (χ0v) is 17.6. The summed E-state index contributed by atoms with van der Waals surface area (Å²) in [5.74, 6) is 1.28. The molecule has 0 spiro atoms. The van der Waals surface area contributed by atoms with E-state index < -0.39 is 0 Å². The van der Waals surface area contributed by atoms with Crippen LogP contribution in [0.4, 0.5) is 0 Å². The van der Waals surface area contributed by atoms with Gasteiger partial charge in [0.05, 0.1) is 12.6 Å². The van der Waals surface area contributed by atoms with Crippen LogP contribution in [0.15, 0.2) is 59.4 Å². The second kappa shape index (κ2) is 8.74. The SMILES string of the molecule is CCCN(CC1CC1)C(=O)Cn1c(=O)c(-c2ccccc2)cc2ccc(OC)cc21. The van der Waals surface area contributed by atoms with E-state index in [-0.39, 0.29) is 18.0 Å². The van der Waals surface area contributed by atoms with E-state index in [4.69, 9.17) is 4.74 Å². The van der Waals surface area contributed by atoms with Crippen LogP contribution in [0.3, 0.4) is 0 Å². The number of methoxy groups -OCH3 is 1. The Hall–Kier alpha value is -3.08. The lowest BCUT2D eigenvalue weighted by Gasteiger charge is -2.23. The molecule has 5 nitrogen and oxygen atoms in total. The monoisotopic (exact) mass is 404 g/mol. The molecule has 1 fully saturated rings. The van der Waals surface area contributed by atoms with Crippen molar-refractivity contribution in [3.8, 4) is 16.9 Å². The molecular formula is C25H28N2O3. The summed E-state index contributed by atoms with van der Waals surface area (Å²) in [4.78, 5) is 28.6. The molecule has 0 atom stereocenters. The van der Waals surface area contributed by atoms with Crippen molar-refractivity contribution in [1.29, 1.82) is 0 Å². The summed E-state index contributed by atoms with van der Waals surface area (Å²) >= 11 is 0. The van der Waals surface area contributed by atoms with E-state index in [0.717, 1.165) is 36.0 Å². The first kappa shape index (κ1) is 20.2. The number of aromatic nitrogens is 1. The van der Waals surface area contributed by atoms with Crippen LogP contribution >= 0.6 is 0 Å². The van der Waals surface area contributed by atoms with Crippen molar-refractivity contribution >= 4 is 16.8 Å². The summed E-state index contributed by atoms with van der Waals surface area (Å²) in [5.41, 5.74) is 2.02. The number of rotatable bonds is 8. The largest absolute Gasteiger partial charge is 0.497 e. The molecule has 0 bridgehead atoms. The number of hydrogen-bond acceptors (Lipinski definition) is 3. The lowest BCUT2D eigenvalue weighted by molar-refractivity contribution is -0.132. The number of amides is 1. The second-order valence-electron chi connectivity index (χ2n) is 8.02. The molecule has 0 aliphatic heterocycles.